The molecule has 1 aromatic heterocycles. The first-order chi connectivity index (χ1) is 17.3. The minimum Gasteiger partial charge on any atom is -0.350 e. The van der Waals surface area contributed by atoms with Gasteiger partial charge in [0.1, 0.15) is 17.7 Å². The van der Waals surface area contributed by atoms with Gasteiger partial charge >= 0.3 is 0 Å². The quantitative estimate of drug-likeness (QED) is 0.331. The molecule has 0 saturated carbocycles. The number of benzene rings is 3. The lowest BCUT2D eigenvalue weighted by molar-refractivity contribution is -0.122. The molecule has 10 heteroatoms. The normalized spacial score (nSPS) is 11.7. The molecule has 0 spiro atoms. The number of aromatic nitrogens is 2. The van der Waals surface area contributed by atoms with E-state index in [1.165, 1.54) is 52.7 Å². The first-order valence-corrected chi connectivity index (χ1v) is 12.1. The Morgan fingerprint density at radius 2 is 1.83 bits per heavy atom. The van der Waals surface area contributed by atoms with Crippen LogP contribution < -0.4 is 10.2 Å². The van der Waals surface area contributed by atoms with E-state index in [9.17, 15) is 14.0 Å². The average Bonchev–Trinajstić information content (AvgIpc) is 3.39. The first kappa shape index (κ1) is 25.4. The maximum absolute atomic E-state index is 15.3. The van der Waals surface area contributed by atoms with E-state index in [1.54, 1.807) is 19.1 Å². The zero-order valence-electron chi connectivity index (χ0n) is 19.3. The van der Waals surface area contributed by atoms with Crippen LogP contribution in [0.2, 0.25) is 5.02 Å². The Labute approximate surface area is 215 Å². The number of nitrogens with one attached hydrogen (secondary N) is 1. The highest BCUT2D eigenvalue weighted by molar-refractivity contribution is 7.03. The second kappa shape index (κ2) is 10.9. The van der Waals surface area contributed by atoms with Crippen molar-refractivity contribution in [1.29, 1.82) is 0 Å². The predicted octanol–water partition coefficient (Wildman–Crippen LogP) is 5.79. The first-order valence-electron chi connectivity index (χ1n) is 10.9. The summed E-state index contributed by atoms with van der Waals surface area (Å²) in [7, 11) is 0. The average molecular weight is 527 g/mol. The molecule has 3 aromatic carbocycles. The van der Waals surface area contributed by atoms with Crippen LogP contribution >= 0.6 is 23.1 Å². The van der Waals surface area contributed by atoms with Gasteiger partial charge in [0.25, 0.3) is 5.91 Å². The Hall–Kier alpha value is -3.69. The van der Waals surface area contributed by atoms with E-state index in [4.69, 9.17) is 11.6 Å². The number of rotatable bonds is 7. The predicted molar refractivity (Wildman–Crippen MR) is 135 cm³/mol. The Kier molecular flexibility index (Phi) is 7.71. The van der Waals surface area contributed by atoms with E-state index in [0.717, 1.165) is 17.1 Å². The summed E-state index contributed by atoms with van der Waals surface area (Å²) >= 11 is 7.39. The van der Waals surface area contributed by atoms with Crippen molar-refractivity contribution < 1.29 is 18.4 Å². The van der Waals surface area contributed by atoms with E-state index >= 15 is 4.39 Å². The van der Waals surface area contributed by atoms with Crippen molar-refractivity contribution in [1.82, 2.24) is 14.9 Å². The maximum Gasteiger partial charge on any atom is 0.280 e. The minimum absolute atomic E-state index is 0.00435. The molecule has 2 amide bonds. The molecule has 4 aromatic rings. The van der Waals surface area contributed by atoms with Gasteiger partial charge in [-0.2, -0.15) is 0 Å². The van der Waals surface area contributed by atoms with Gasteiger partial charge in [0, 0.05) is 28.2 Å². The van der Waals surface area contributed by atoms with Crippen LogP contribution in [-0.4, -0.2) is 21.4 Å². The summed E-state index contributed by atoms with van der Waals surface area (Å²) in [4.78, 5) is 28.7. The summed E-state index contributed by atoms with van der Waals surface area (Å²) in [6.45, 7) is 3.65. The zero-order chi connectivity index (χ0) is 25.8. The van der Waals surface area contributed by atoms with Crippen molar-refractivity contribution >= 4 is 40.6 Å². The molecule has 4 rings (SSSR count). The summed E-state index contributed by atoms with van der Waals surface area (Å²) in [5.74, 6) is -2.48. The molecule has 36 heavy (non-hydrogen) atoms. The molecule has 184 valence electrons. The fraction of sp³-hybridized carbons (Fsp3) is 0.154. The summed E-state index contributed by atoms with van der Waals surface area (Å²) in [5.41, 5.74) is 2.37. The third kappa shape index (κ3) is 5.42. The van der Waals surface area contributed by atoms with Crippen molar-refractivity contribution in [2.75, 3.05) is 4.90 Å². The van der Waals surface area contributed by atoms with Gasteiger partial charge in [-0.15, -0.1) is 5.10 Å². The number of carbonyl (C=O) groups is 2. The third-order valence-corrected chi connectivity index (χ3v) is 6.42. The Balaban J connectivity index is 1.86. The van der Waals surface area contributed by atoms with Crippen molar-refractivity contribution in [2.24, 2.45) is 0 Å². The van der Waals surface area contributed by atoms with Gasteiger partial charge < -0.3 is 5.32 Å². The number of nitrogens with zero attached hydrogens (tertiary/aromatic N) is 3. The van der Waals surface area contributed by atoms with Crippen LogP contribution in [0.1, 0.15) is 38.8 Å². The van der Waals surface area contributed by atoms with Crippen LogP contribution in [0.3, 0.4) is 0 Å². The molecular formula is C26H21ClF2N4O2S. The van der Waals surface area contributed by atoms with Crippen molar-refractivity contribution in [2.45, 2.75) is 26.4 Å². The molecule has 1 atom stereocenters. The standard InChI is InChI=1S/C26H21ClF2N4O2S/c1-15-6-7-16(2)22(12-15)33(26(35)21-14-36-32-31-21)24(23-19(27)4-3-5-20(23)29)25(34)30-13-17-8-10-18(28)11-9-17/h3-12,14,24H,13H2,1-2H3,(H,30,34)/t24-/m1/s1. The number of hydrogen-bond donors (Lipinski definition) is 1. The summed E-state index contributed by atoms with van der Waals surface area (Å²) in [5, 5.41) is 8.06. The number of amides is 2. The van der Waals surface area contributed by atoms with E-state index < -0.39 is 29.5 Å². The fourth-order valence-corrected chi connectivity index (χ4v) is 4.46. The molecule has 0 fully saturated rings. The second-order valence-corrected chi connectivity index (χ2v) is 9.15. The topological polar surface area (TPSA) is 75.2 Å². The highest BCUT2D eigenvalue weighted by Gasteiger charge is 2.38. The highest BCUT2D eigenvalue weighted by Crippen LogP contribution is 2.36. The minimum atomic E-state index is -1.48. The highest BCUT2D eigenvalue weighted by atomic mass is 35.5. The molecule has 0 radical (unpaired) electrons. The van der Waals surface area contributed by atoms with Crippen LogP contribution in [0, 0.1) is 25.5 Å². The summed E-state index contributed by atoms with van der Waals surface area (Å²) in [6, 6.07) is 13.6. The zero-order valence-corrected chi connectivity index (χ0v) is 20.9. The lowest BCUT2D eigenvalue weighted by Crippen LogP contribution is -2.45. The van der Waals surface area contributed by atoms with Gasteiger partial charge in [0.05, 0.1) is 0 Å². The Morgan fingerprint density at radius 1 is 1.08 bits per heavy atom. The SMILES string of the molecule is Cc1ccc(C)c(N(C(=O)c2csnn2)[C@@H](C(=O)NCc2ccc(F)cc2)c2c(F)cccc2Cl)c1. The second-order valence-electron chi connectivity index (χ2n) is 8.14. The molecule has 6 nitrogen and oxygen atoms in total. The van der Waals surface area contributed by atoms with Crippen LogP contribution in [0.25, 0.3) is 0 Å². The van der Waals surface area contributed by atoms with Crippen LogP contribution in [0.15, 0.2) is 66.0 Å². The number of hydrogen-bond acceptors (Lipinski definition) is 5. The van der Waals surface area contributed by atoms with Gasteiger partial charge in [0.15, 0.2) is 5.69 Å². The van der Waals surface area contributed by atoms with Crippen molar-refractivity contribution in [3.63, 3.8) is 0 Å². The fourth-order valence-electron chi connectivity index (χ4n) is 3.76. The molecule has 0 saturated heterocycles. The third-order valence-electron chi connectivity index (χ3n) is 5.58. The molecule has 0 unspecified atom stereocenters. The van der Waals surface area contributed by atoms with Crippen LogP contribution in [0.5, 0.6) is 0 Å². The Morgan fingerprint density at radius 3 is 2.50 bits per heavy atom. The molecule has 0 aliphatic heterocycles. The van der Waals surface area contributed by atoms with Crippen LogP contribution in [-0.2, 0) is 11.3 Å². The van der Waals surface area contributed by atoms with E-state index in [1.807, 2.05) is 13.0 Å². The van der Waals surface area contributed by atoms with Crippen molar-refractivity contribution in [3.05, 3.63) is 111 Å². The Bertz CT molecular complexity index is 1380. The van der Waals surface area contributed by atoms with E-state index in [-0.39, 0.29) is 22.8 Å². The number of aryl methyl sites for hydroxylation is 2. The van der Waals surface area contributed by atoms with Crippen molar-refractivity contribution in [3.8, 4) is 0 Å². The van der Waals surface area contributed by atoms with Gasteiger partial charge in [-0.05, 0) is 72.4 Å². The largest absolute Gasteiger partial charge is 0.350 e. The molecule has 0 aliphatic rings. The van der Waals surface area contributed by atoms with Gasteiger partial charge in [-0.1, -0.05) is 46.4 Å². The lowest BCUT2D eigenvalue weighted by atomic mass is 9.99. The molecule has 0 aliphatic carbocycles. The smallest absolute Gasteiger partial charge is 0.280 e. The molecule has 0 bridgehead atoms. The lowest BCUT2D eigenvalue weighted by Gasteiger charge is -2.32. The summed E-state index contributed by atoms with van der Waals surface area (Å²) < 4.78 is 32.3. The van der Waals surface area contributed by atoms with Gasteiger partial charge in [0.2, 0.25) is 5.91 Å². The van der Waals surface area contributed by atoms with Gasteiger partial charge in [-0.25, -0.2) is 8.78 Å². The summed E-state index contributed by atoms with van der Waals surface area (Å²) in [6.07, 6.45) is 0. The molecule has 1 N–H and O–H groups in total. The van der Waals surface area contributed by atoms with Crippen LogP contribution in [0.4, 0.5) is 14.5 Å². The maximum atomic E-state index is 15.3. The van der Waals surface area contributed by atoms with E-state index in [2.05, 4.69) is 14.9 Å². The number of halogens is 3. The number of anilines is 1. The monoisotopic (exact) mass is 526 g/mol. The molecular weight excluding hydrogens is 506 g/mol. The number of carbonyl (C=O) groups excluding carboxylic acids is 2. The van der Waals surface area contributed by atoms with Gasteiger partial charge in [-0.3, -0.25) is 14.5 Å². The molecule has 1 heterocycles. The van der Waals surface area contributed by atoms with E-state index in [0.29, 0.717) is 16.8 Å².